The lowest BCUT2D eigenvalue weighted by molar-refractivity contribution is 0.118. The summed E-state index contributed by atoms with van der Waals surface area (Å²) < 4.78 is 6.75. The third-order valence-corrected chi connectivity index (χ3v) is 2.32. The number of aromatic nitrogens is 4. The maximum atomic E-state index is 9.48. The Balaban J connectivity index is 2.01. The fourth-order valence-corrected chi connectivity index (χ4v) is 1.44. The average Bonchev–Trinajstić information content (AvgIpc) is 2.65. The summed E-state index contributed by atoms with van der Waals surface area (Å²) in [4.78, 5) is 0. The number of hydrogen-bond acceptors (Lipinski definition) is 5. The summed E-state index contributed by atoms with van der Waals surface area (Å²) in [7, 11) is 1.79. The first-order chi connectivity index (χ1) is 6.27. The molecule has 0 spiro atoms. The Hall–Kier alpha value is -1.01. The molecule has 0 radical (unpaired) electrons. The monoisotopic (exact) mass is 184 g/mol. The second kappa shape index (κ2) is 3.39. The molecule has 2 unspecified atom stereocenters. The molecule has 6 heteroatoms. The molecule has 72 valence electrons. The van der Waals surface area contributed by atoms with E-state index in [1.54, 1.807) is 11.7 Å². The van der Waals surface area contributed by atoms with Gasteiger partial charge >= 0.3 is 0 Å². The SMILES string of the molecule is Cn1nnnc1CC1COCC1O. The van der Waals surface area contributed by atoms with Gasteiger partial charge in [-0.25, -0.2) is 4.68 Å². The van der Waals surface area contributed by atoms with Crippen LogP contribution in [0.2, 0.25) is 0 Å². The summed E-state index contributed by atoms with van der Waals surface area (Å²) in [6.07, 6.45) is 0.293. The number of nitrogens with zero attached hydrogens (tertiary/aromatic N) is 4. The van der Waals surface area contributed by atoms with E-state index in [1.165, 1.54) is 0 Å². The van der Waals surface area contributed by atoms with Crippen LogP contribution in [0.25, 0.3) is 0 Å². The maximum absolute atomic E-state index is 9.48. The van der Waals surface area contributed by atoms with E-state index in [1.807, 2.05) is 0 Å². The Morgan fingerprint density at radius 3 is 3.00 bits per heavy atom. The topological polar surface area (TPSA) is 73.1 Å². The van der Waals surface area contributed by atoms with E-state index in [-0.39, 0.29) is 12.0 Å². The molecule has 1 aromatic heterocycles. The van der Waals surface area contributed by atoms with Crippen molar-refractivity contribution >= 4 is 0 Å². The summed E-state index contributed by atoms with van der Waals surface area (Å²) in [5, 5.41) is 20.6. The van der Waals surface area contributed by atoms with Crippen LogP contribution in [0.3, 0.4) is 0 Å². The Bertz CT molecular complexity index is 288. The highest BCUT2D eigenvalue weighted by Crippen LogP contribution is 2.16. The van der Waals surface area contributed by atoms with Crippen molar-refractivity contribution in [2.45, 2.75) is 12.5 Å². The molecule has 2 rings (SSSR count). The fraction of sp³-hybridized carbons (Fsp3) is 0.857. The maximum Gasteiger partial charge on any atom is 0.151 e. The summed E-state index contributed by atoms with van der Waals surface area (Å²) in [5.74, 6) is 0.916. The highest BCUT2D eigenvalue weighted by molar-refractivity contribution is 4.87. The Morgan fingerprint density at radius 1 is 1.62 bits per heavy atom. The molecule has 0 saturated carbocycles. The standard InChI is InChI=1S/C7H12N4O2/c1-11-7(8-9-10-11)2-5-3-13-4-6(5)12/h5-6,12H,2-4H2,1H3. The molecule has 1 N–H and O–H groups in total. The Kier molecular flexibility index (Phi) is 2.24. The summed E-state index contributed by atoms with van der Waals surface area (Å²) in [5.41, 5.74) is 0. The molecule has 2 heterocycles. The first-order valence-electron chi connectivity index (χ1n) is 4.24. The van der Waals surface area contributed by atoms with Crippen molar-refractivity contribution in [1.82, 2.24) is 20.2 Å². The molecule has 1 saturated heterocycles. The smallest absolute Gasteiger partial charge is 0.151 e. The van der Waals surface area contributed by atoms with Crippen LogP contribution in [-0.2, 0) is 18.2 Å². The van der Waals surface area contributed by atoms with Crippen LogP contribution in [0, 0.1) is 5.92 Å². The van der Waals surface area contributed by atoms with Crippen molar-refractivity contribution in [2.24, 2.45) is 13.0 Å². The van der Waals surface area contributed by atoms with Gasteiger partial charge in [-0.15, -0.1) is 5.10 Å². The second-order valence-corrected chi connectivity index (χ2v) is 3.29. The molecule has 1 aliphatic heterocycles. The molecular formula is C7H12N4O2. The van der Waals surface area contributed by atoms with Gasteiger partial charge in [-0.1, -0.05) is 0 Å². The largest absolute Gasteiger partial charge is 0.390 e. The van der Waals surface area contributed by atoms with Crippen LogP contribution in [-0.4, -0.2) is 44.6 Å². The molecule has 1 fully saturated rings. The van der Waals surface area contributed by atoms with E-state index in [9.17, 15) is 5.11 Å². The zero-order valence-electron chi connectivity index (χ0n) is 7.42. The predicted molar refractivity (Wildman–Crippen MR) is 42.8 cm³/mol. The molecule has 6 nitrogen and oxygen atoms in total. The van der Waals surface area contributed by atoms with Gasteiger partial charge in [0, 0.05) is 19.4 Å². The minimum atomic E-state index is -0.378. The normalized spacial score (nSPS) is 28.2. The van der Waals surface area contributed by atoms with E-state index < -0.39 is 0 Å². The van der Waals surface area contributed by atoms with Crippen LogP contribution in [0.5, 0.6) is 0 Å². The minimum absolute atomic E-state index is 0.129. The van der Waals surface area contributed by atoms with Gasteiger partial charge in [0.1, 0.15) is 0 Å². The van der Waals surface area contributed by atoms with Gasteiger partial charge in [0.15, 0.2) is 5.82 Å². The molecular weight excluding hydrogens is 172 g/mol. The van der Waals surface area contributed by atoms with Crippen molar-refractivity contribution in [1.29, 1.82) is 0 Å². The van der Waals surface area contributed by atoms with Crippen LogP contribution in [0.15, 0.2) is 0 Å². The van der Waals surface area contributed by atoms with Gasteiger partial charge in [0.25, 0.3) is 0 Å². The first-order valence-corrected chi connectivity index (χ1v) is 4.24. The molecule has 2 atom stereocenters. The molecule has 0 aromatic carbocycles. The number of aliphatic hydroxyl groups excluding tert-OH is 1. The van der Waals surface area contributed by atoms with E-state index in [4.69, 9.17) is 4.74 Å². The van der Waals surface area contributed by atoms with Crippen molar-refractivity contribution in [2.75, 3.05) is 13.2 Å². The average molecular weight is 184 g/mol. The Labute approximate surface area is 75.5 Å². The number of ether oxygens (including phenoxy) is 1. The van der Waals surface area contributed by atoms with Crippen LogP contribution < -0.4 is 0 Å². The van der Waals surface area contributed by atoms with E-state index in [0.717, 1.165) is 5.82 Å². The number of hydrogen-bond donors (Lipinski definition) is 1. The number of aryl methyl sites for hydroxylation is 1. The van der Waals surface area contributed by atoms with Gasteiger partial charge in [-0.3, -0.25) is 0 Å². The number of aliphatic hydroxyl groups is 1. The minimum Gasteiger partial charge on any atom is -0.390 e. The number of tetrazole rings is 1. The lowest BCUT2D eigenvalue weighted by atomic mass is 10.0. The van der Waals surface area contributed by atoms with Crippen LogP contribution >= 0.6 is 0 Å². The van der Waals surface area contributed by atoms with Crippen molar-refractivity contribution in [3.63, 3.8) is 0 Å². The third kappa shape index (κ3) is 1.68. The summed E-state index contributed by atoms with van der Waals surface area (Å²) in [6.45, 7) is 1.02. The van der Waals surface area contributed by atoms with Crippen LogP contribution in [0.4, 0.5) is 0 Å². The van der Waals surface area contributed by atoms with E-state index in [2.05, 4.69) is 15.5 Å². The quantitative estimate of drug-likeness (QED) is 0.622. The molecule has 13 heavy (non-hydrogen) atoms. The third-order valence-electron chi connectivity index (χ3n) is 2.32. The van der Waals surface area contributed by atoms with Gasteiger partial charge in [0.2, 0.25) is 0 Å². The van der Waals surface area contributed by atoms with Crippen molar-refractivity contribution < 1.29 is 9.84 Å². The Morgan fingerprint density at radius 2 is 2.46 bits per heavy atom. The van der Waals surface area contributed by atoms with E-state index >= 15 is 0 Å². The first kappa shape index (κ1) is 8.58. The van der Waals surface area contributed by atoms with Crippen LogP contribution in [0.1, 0.15) is 5.82 Å². The summed E-state index contributed by atoms with van der Waals surface area (Å²) >= 11 is 0. The highest BCUT2D eigenvalue weighted by atomic mass is 16.5. The lowest BCUT2D eigenvalue weighted by Crippen LogP contribution is -2.21. The van der Waals surface area contributed by atoms with Gasteiger partial charge in [0.05, 0.1) is 19.3 Å². The zero-order valence-corrected chi connectivity index (χ0v) is 7.42. The van der Waals surface area contributed by atoms with E-state index in [0.29, 0.717) is 19.6 Å². The van der Waals surface area contributed by atoms with Gasteiger partial charge in [-0.2, -0.15) is 0 Å². The molecule has 0 aliphatic carbocycles. The predicted octanol–water partition coefficient (Wildman–Crippen LogP) is -1.24. The molecule has 0 amide bonds. The molecule has 1 aromatic rings. The second-order valence-electron chi connectivity index (χ2n) is 3.29. The van der Waals surface area contributed by atoms with Crippen molar-refractivity contribution in [3.05, 3.63) is 5.82 Å². The van der Waals surface area contributed by atoms with Gasteiger partial charge < -0.3 is 9.84 Å². The number of rotatable bonds is 2. The lowest BCUT2D eigenvalue weighted by Gasteiger charge is -2.09. The summed E-state index contributed by atoms with van der Waals surface area (Å²) in [6, 6.07) is 0. The zero-order chi connectivity index (χ0) is 9.26. The van der Waals surface area contributed by atoms with Gasteiger partial charge in [-0.05, 0) is 10.4 Å². The highest BCUT2D eigenvalue weighted by Gasteiger charge is 2.27. The molecule has 0 bridgehead atoms. The fourth-order valence-electron chi connectivity index (χ4n) is 1.44. The molecule has 1 aliphatic rings. The van der Waals surface area contributed by atoms with Crippen molar-refractivity contribution in [3.8, 4) is 0 Å².